The van der Waals surface area contributed by atoms with Crippen LogP contribution in [0.4, 0.5) is 0 Å². The summed E-state index contributed by atoms with van der Waals surface area (Å²) in [6.07, 6.45) is 4.35. The Morgan fingerprint density at radius 1 is 1.65 bits per heavy atom. The third kappa shape index (κ3) is 2.63. The number of amides is 1. The van der Waals surface area contributed by atoms with E-state index >= 15 is 0 Å². The Balaban J connectivity index is 2.00. The average molecular weight is 238 g/mol. The van der Waals surface area contributed by atoms with Crippen molar-refractivity contribution >= 4 is 5.91 Å². The van der Waals surface area contributed by atoms with Gasteiger partial charge in [0.25, 0.3) is 0 Å². The van der Waals surface area contributed by atoms with Crippen LogP contribution in [0.2, 0.25) is 0 Å². The van der Waals surface area contributed by atoms with E-state index in [1.165, 1.54) is 0 Å². The number of hydrogen-bond acceptors (Lipinski definition) is 4. The quantitative estimate of drug-likeness (QED) is 0.811. The molecule has 0 saturated carbocycles. The standard InChI is InChI=1S/C11H18N4O2/c1-2-11(17)15-5-3-4-10(15)7-14-6-9(8-16)12-13-14/h6,10,16H,2-5,7-8H2,1H3/t10-/m1/s1. The molecule has 2 heterocycles. The van der Waals surface area contributed by atoms with Gasteiger partial charge in [0.15, 0.2) is 0 Å². The Kier molecular flexibility index (Phi) is 3.73. The minimum absolute atomic E-state index is 0.0950. The van der Waals surface area contributed by atoms with E-state index in [0.29, 0.717) is 18.7 Å². The van der Waals surface area contributed by atoms with Crippen LogP contribution >= 0.6 is 0 Å². The minimum Gasteiger partial charge on any atom is -0.390 e. The number of hydrogen-bond donors (Lipinski definition) is 1. The number of aliphatic hydroxyl groups excluding tert-OH is 1. The lowest BCUT2D eigenvalue weighted by Gasteiger charge is -2.23. The van der Waals surface area contributed by atoms with Crippen molar-refractivity contribution in [1.29, 1.82) is 0 Å². The van der Waals surface area contributed by atoms with E-state index in [1.54, 1.807) is 10.9 Å². The predicted octanol–water partition coefficient (Wildman–Crippen LogP) is 0.171. The lowest BCUT2D eigenvalue weighted by Crippen LogP contribution is -2.37. The number of aliphatic hydroxyl groups is 1. The van der Waals surface area contributed by atoms with E-state index in [-0.39, 0.29) is 18.6 Å². The van der Waals surface area contributed by atoms with Crippen LogP contribution in [0.25, 0.3) is 0 Å². The number of rotatable bonds is 4. The molecule has 17 heavy (non-hydrogen) atoms. The van der Waals surface area contributed by atoms with E-state index < -0.39 is 0 Å². The first-order chi connectivity index (χ1) is 8.24. The van der Waals surface area contributed by atoms with Gasteiger partial charge in [-0.3, -0.25) is 9.48 Å². The van der Waals surface area contributed by atoms with Crippen LogP contribution in [0.1, 0.15) is 31.9 Å². The number of nitrogens with zero attached hydrogens (tertiary/aromatic N) is 4. The van der Waals surface area contributed by atoms with Gasteiger partial charge in [0.1, 0.15) is 5.69 Å². The van der Waals surface area contributed by atoms with Gasteiger partial charge in [-0.2, -0.15) is 0 Å². The monoisotopic (exact) mass is 238 g/mol. The van der Waals surface area contributed by atoms with Crippen LogP contribution in [-0.2, 0) is 17.9 Å². The molecular weight excluding hydrogens is 220 g/mol. The lowest BCUT2D eigenvalue weighted by atomic mass is 10.2. The zero-order chi connectivity index (χ0) is 12.3. The molecule has 1 N–H and O–H groups in total. The Bertz CT molecular complexity index is 391. The van der Waals surface area contributed by atoms with E-state index in [1.807, 2.05) is 11.8 Å². The van der Waals surface area contributed by atoms with Crippen LogP contribution in [0.5, 0.6) is 0 Å². The highest BCUT2D eigenvalue weighted by molar-refractivity contribution is 5.76. The Morgan fingerprint density at radius 2 is 2.47 bits per heavy atom. The molecule has 1 fully saturated rings. The Morgan fingerprint density at radius 3 is 3.12 bits per heavy atom. The van der Waals surface area contributed by atoms with Gasteiger partial charge in [0.05, 0.1) is 25.4 Å². The molecule has 0 aliphatic carbocycles. The fourth-order valence-electron chi connectivity index (χ4n) is 2.27. The summed E-state index contributed by atoms with van der Waals surface area (Å²) in [5, 5.41) is 16.7. The first kappa shape index (κ1) is 12.0. The molecule has 1 amide bonds. The van der Waals surface area contributed by atoms with Crippen molar-refractivity contribution in [2.24, 2.45) is 0 Å². The molecule has 1 saturated heterocycles. The first-order valence-electron chi connectivity index (χ1n) is 6.04. The highest BCUT2D eigenvalue weighted by Crippen LogP contribution is 2.19. The first-order valence-corrected chi connectivity index (χ1v) is 6.04. The van der Waals surface area contributed by atoms with E-state index in [4.69, 9.17) is 5.11 Å². The molecule has 6 nitrogen and oxygen atoms in total. The zero-order valence-corrected chi connectivity index (χ0v) is 10.0. The normalized spacial score (nSPS) is 19.9. The van der Waals surface area contributed by atoms with Gasteiger partial charge in [0.2, 0.25) is 5.91 Å². The highest BCUT2D eigenvalue weighted by atomic mass is 16.3. The molecule has 1 aromatic rings. The van der Waals surface area contributed by atoms with E-state index in [2.05, 4.69) is 10.3 Å². The van der Waals surface area contributed by atoms with Crippen molar-refractivity contribution in [3.8, 4) is 0 Å². The van der Waals surface area contributed by atoms with Gasteiger partial charge in [-0.1, -0.05) is 12.1 Å². The highest BCUT2D eigenvalue weighted by Gasteiger charge is 2.28. The van der Waals surface area contributed by atoms with Crippen LogP contribution in [0, 0.1) is 0 Å². The molecule has 0 bridgehead atoms. The van der Waals surface area contributed by atoms with Gasteiger partial charge in [-0.05, 0) is 12.8 Å². The van der Waals surface area contributed by atoms with Crippen molar-refractivity contribution in [2.75, 3.05) is 6.54 Å². The van der Waals surface area contributed by atoms with Crippen LogP contribution in [-0.4, -0.2) is 43.5 Å². The molecule has 0 unspecified atom stereocenters. The summed E-state index contributed by atoms with van der Waals surface area (Å²) in [5.74, 6) is 0.204. The van der Waals surface area contributed by atoms with Gasteiger partial charge in [0, 0.05) is 13.0 Å². The second kappa shape index (κ2) is 5.27. The summed E-state index contributed by atoms with van der Waals surface area (Å²) in [4.78, 5) is 13.6. The van der Waals surface area contributed by atoms with Crippen molar-refractivity contribution in [2.45, 2.75) is 45.4 Å². The summed E-state index contributed by atoms with van der Waals surface area (Å²) in [6.45, 7) is 3.30. The van der Waals surface area contributed by atoms with Crippen LogP contribution in [0.15, 0.2) is 6.20 Å². The Hall–Kier alpha value is -1.43. The van der Waals surface area contributed by atoms with Gasteiger partial charge < -0.3 is 10.0 Å². The maximum atomic E-state index is 11.7. The molecule has 1 aliphatic rings. The molecule has 0 aromatic carbocycles. The molecule has 2 rings (SSSR count). The lowest BCUT2D eigenvalue weighted by molar-refractivity contribution is -0.131. The fourth-order valence-corrected chi connectivity index (χ4v) is 2.27. The van der Waals surface area contributed by atoms with Crippen molar-refractivity contribution in [3.63, 3.8) is 0 Å². The van der Waals surface area contributed by atoms with Crippen molar-refractivity contribution in [1.82, 2.24) is 19.9 Å². The molecule has 94 valence electrons. The van der Waals surface area contributed by atoms with E-state index in [0.717, 1.165) is 19.4 Å². The smallest absolute Gasteiger partial charge is 0.222 e. The van der Waals surface area contributed by atoms with Crippen molar-refractivity contribution in [3.05, 3.63) is 11.9 Å². The summed E-state index contributed by atoms with van der Waals surface area (Å²) in [6, 6.07) is 0.218. The van der Waals surface area contributed by atoms with Gasteiger partial charge in [-0.15, -0.1) is 5.10 Å². The second-order valence-corrected chi connectivity index (χ2v) is 4.33. The third-order valence-corrected chi connectivity index (χ3v) is 3.15. The second-order valence-electron chi connectivity index (χ2n) is 4.33. The molecule has 6 heteroatoms. The SMILES string of the molecule is CCC(=O)N1CCC[C@@H]1Cn1cc(CO)nn1. The number of aromatic nitrogens is 3. The van der Waals surface area contributed by atoms with Crippen LogP contribution < -0.4 is 0 Å². The predicted molar refractivity (Wildman–Crippen MR) is 61.0 cm³/mol. The zero-order valence-electron chi connectivity index (χ0n) is 10.0. The number of likely N-dealkylation sites (tertiary alicyclic amines) is 1. The third-order valence-electron chi connectivity index (χ3n) is 3.15. The minimum atomic E-state index is -0.0950. The molecular formula is C11H18N4O2. The maximum Gasteiger partial charge on any atom is 0.222 e. The molecule has 1 aromatic heterocycles. The van der Waals surface area contributed by atoms with E-state index in [9.17, 15) is 4.79 Å². The fraction of sp³-hybridized carbons (Fsp3) is 0.727. The molecule has 1 aliphatic heterocycles. The van der Waals surface area contributed by atoms with Gasteiger partial charge >= 0.3 is 0 Å². The Labute approximate surface area is 100 Å². The van der Waals surface area contributed by atoms with Crippen LogP contribution in [0.3, 0.4) is 0 Å². The average Bonchev–Trinajstić information content (AvgIpc) is 2.97. The largest absolute Gasteiger partial charge is 0.390 e. The molecule has 0 spiro atoms. The number of carbonyl (C=O) groups is 1. The van der Waals surface area contributed by atoms with Crippen molar-refractivity contribution < 1.29 is 9.90 Å². The molecule has 0 radical (unpaired) electrons. The number of carbonyl (C=O) groups excluding carboxylic acids is 1. The summed E-state index contributed by atoms with van der Waals surface area (Å²) in [7, 11) is 0. The summed E-state index contributed by atoms with van der Waals surface area (Å²) in [5.41, 5.74) is 0.566. The summed E-state index contributed by atoms with van der Waals surface area (Å²) >= 11 is 0. The summed E-state index contributed by atoms with van der Waals surface area (Å²) < 4.78 is 1.71. The topological polar surface area (TPSA) is 71.2 Å². The van der Waals surface area contributed by atoms with Gasteiger partial charge in [-0.25, -0.2) is 0 Å². The molecule has 1 atom stereocenters. The maximum absolute atomic E-state index is 11.7.